The normalized spacial score (nSPS) is 11.6. The zero-order valence-electron chi connectivity index (χ0n) is 6.08. The molecule has 1 N–H and O–H groups in total. The van der Waals surface area contributed by atoms with Crippen molar-refractivity contribution in [1.82, 2.24) is 0 Å². The Balaban J connectivity index is 3.14. The van der Waals surface area contributed by atoms with E-state index in [2.05, 4.69) is 5.16 Å². The van der Waals surface area contributed by atoms with Crippen LogP contribution in [0.4, 0.5) is 4.39 Å². The Morgan fingerprint density at radius 2 is 2.09 bits per heavy atom. The SMILES string of the molecule is C/C(=N\O)c1ccccc1F. The number of hydrogen-bond acceptors (Lipinski definition) is 2. The van der Waals surface area contributed by atoms with Crippen molar-refractivity contribution < 1.29 is 9.60 Å². The summed E-state index contributed by atoms with van der Waals surface area (Å²) in [5, 5.41) is 11.2. The summed E-state index contributed by atoms with van der Waals surface area (Å²) < 4.78 is 12.8. The lowest BCUT2D eigenvalue weighted by molar-refractivity contribution is 0.319. The van der Waals surface area contributed by atoms with Gasteiger partial charge in [-0.15, -0.1) is 0 Å². The molecule has 2 nitrogen and oxygen atoms in total. The second kappa shape index (κ2) is 3.14. The predicted octanol–water partition coefficient (Wildman–Crippen LogP) is 2.02. The largest absolute Gasteiger partial charge is 0.411 e. The Labute approximate surface area is 64.0 Å². The van der Waals surface area contributed by atoms with E-state index >= 15 is 0 Å². The number of rotatable bonds is 1. The molecule has 0 fully saturated rings. The Hall–Kier alpha value is -1.38. The summed E-state index contributed by atoms with van der Waals surface area (Å²) in [6.07, 6.45) is 0. The summed E-state index contributed by atoms with van der Waals surface area (Å²) in [5.74, 6) is -0.372. The summed E-state index contributed by atoms with van der Waals surface area (Å²) in [6, 6.07) is 6.16. The van der Waals surface area contributed by atoms with Gasteiger partial charge in [-0.25, -0.2) is 4.39 Å². The van der Waals surface area contributed by atoms with Crippen LogP contribution in [-0.4, -0.2) is 10.9 Å². The van der Waals surface area contributed by atoms with Crippen molar-refractivity contribution >= 4 is 5.71 Å². The van der Waals surface area contributed by atoms with Gasteiger partial charge >= 0.3 is 0 Å². The summed E-state index contributed by atoms with van der Waals surface area (Å²) in [7, 11) is 0. The van der Waals surface area contributed by atoms with Crippen LogP contribution in [-0.2, 0) is 0 Å². The minimum absolute atomic E-state index is 0.281. The Morgan fingerprint density at radius 1 is 1.45 bits per heavy atom. The molecule has 0 amide bonds. The molecule has 1 aromatic carbocycles. The summed E-state index contributed by atoms with van der Waals surface area (Å²) in [5.41, 5.74) is 0.609. The molecular weight excluding hydrogens is 145 g/mol. The van der Waals surface area contributed by atoms with Gasteiger partial charge in [0.2, 0.25) is 0 Å². The molecular formula is C8H8FNO. The smallest absolute Gasteiger partial charge is 0.132 e. The lowest BCUT2D eigenvalue weighted by Crippen LogP contribution is -1.97. The van der Waals surface area contributed by atoms with Crippen molar-refractivity contribution in [3.63, 3.8) is 0 Å². The highest BCUT2D eigenvalue weighted by atomic mass is 19.1. The minimum atomic E-state index is -0.372. The maximum atomic E-state index is 12.8. The Kier molecular flexibility index (Phi) is 2.21. The van der Waals surface area contributed by atoms with Crippen LogP contribution in [0.5, 0.6) is 0 Å². The first-order valence-corrected chi connectivity index (χ1v) is 3.19. The van der Waals surface area contributed by atoms with Crippen molar-refractivity contribution in [3.05, 3.63) is 35.6 Å². The van der Waals surface area contributed by atoms with E-state index in [0.717, 1.165) is 0 Å². The van der Waals surface area contributed by atoms with E-state index < -0.39 is 0 Å². The van der Waals surface area contributed by atoms with Crippen molar-refractivity contribution in [3.8, 4) is 0 Å². The van der Waals surface area contributed by atoms with Gasteiger partial charge < -0.3 is 5.21 Å². The van der Waals surface area contributed by atoms with Crippen LogP contribution in [0.1, 0.15) is 12.5 Å². The molecule has 0 spiro atoms. The molecule has 0 saturated carbocycles. The third-order valence-corrected chi connectivity index (χ3v) is 1.41. The van der Waals surface area contributed by atoms with E-state index in [-0.39, 0.29) is 11.5 Å². The minimum Gasteiger partial charge on any atom is -0.411 e. The van der Waals surface area contributed by atoms with E-state index in [1.807, 2.05) is 0 Å². The fraction of sp³-hybridized carbons (Fsp3) is 0.125. The zero-order valence-corrected chi connectivity index (χ0v) is 6.08. The Bertz CT molecular complexity index is 283. The van der Waals surface area contributed by atoms with Gasteiger partial charge in [0.1, 0.15) is 5.82 Å². The maximum absolute atomic E-state index is 12.8. The number of benzene rings is 1. The number of oxime groups is 1. The van der Waals surface area contributed by atoms with E-state index in [4.69, 9.17) is 5.21 Å². The average Bonchev–Trinajstić information content (AvgIpc) is 2.04. The fourth-order valence-electron chi connectivity index (χ4n) is 0.808. The Morgan fingerprint density at radius 3 is 2.64 bits per heavy atom. The van der Waals surface area contributed by atoms with Crippen LogP contribution < -0.4 is 0 Å². The van der Waals surface area contributed by atoms with Gasteiger partial charge in [0.15, 0.2) is 0 Å². The van der Waals surface area contributed by atoms with Crippen molar-refractivity contribution in [1.29, 1.82) is 0 Å². The molecule has 0 unspecified atom stereocenters. The third-order valence-electron chi connectivity index (χ3n) is 1.41. The standard InChI is InChI=1S/C8H8FNO/c1-6(10-11)7-4-2-3-5-8(7)9/h2-5,11H,1H3/b10-6+. The van der Waals surface area contributed by atoms with Gasteiger partial charge in [-0.2, -0.15) is 0 Å². The molecule has 0 saturated heterocycles. The summed E-state index contributed by atoms with van der Waals surface area (Å²) in [4.78, 5) is 0. The maximum Gasteiger partial charge on any atom is 0.132 e. The molecule has 0 heterocycles. The van der Waals surface area contributed by atoms with Gasteiger partial charge in [-0.3, -0.25) is 0 Å². The third kappa shape index (κ3) is 1.55. The number of hydrogen-bond donors (Lipinski definition) is 1. The molecule has 0 radical (unpaired) electrons. The quantitative estimate of drug-likeness (QED) is 0.373. The summed E-state index contributed by atoms with van der Waals surface area (Å²) >= 11 is 0. The molecule has 0 aliphatic rings. The molecule has 0 atom stereocenters. The van der Waals surface area contributed by atoms with Crippen LogP contribution in [0, 0.1) is 5.82 Å². The molecule has 3 heteroatoms. The highest BCUT2D eigenvalue weighted by Gasteiger charge is 2.02. The molecule has 1 rings (SSSR count). The van der Waals surface area contributed by atoms with Crippen LogP contribution in [0.2, 0.25) is 0 Å². The number of nitrogens with zero attached hydrogens (tertiary/aromatic N) is 1. The molecule has 58 valence electrons. The van der Waals surface area contributed by atoms with E-state index in [0.29, 0.717) is 5.56 Å². The predicted molar refractivity (Wildman–Crippen MR) is 40.4 cm³/mol. The van der Waals surface area contributed by atoms with Crippen molar-refractivity contribution in [2.45, 2.75) is 6.92 Å². The van der Waals surface area contributed by atoms with Crippen molar-refractivity contribution in [2.24, 2.45) is 5.16 Å². The highest BCUT2D eigenvalue weighted by Crippen LogP contribution is 2.06. The van der Waals surface area contributed by atoms with Gasteiger partial charge in [0, 0.05) is 5.56 Å². The number of halogens is 1. The topological polar surface area (TPSA) is 32.6 Å². The van der Waals surface area contributed by atoms with E-state index in [9.17, 15) is 4.39 Å². The average molecular weight is 153 g/mol. The molecule has 0 aliphatic heterocycles. The van der Waals surface area contributed by atoms with E-state index in [1.165, 1.54) is 6.07 Å². The van der Waals surface area contributed by atoms with Crippen LogP contribution in [0.25, 0.3) is 0 Å². The molecule has 0 bridgehead atoms. The monoisotopic (exact) mass is 153 g/mol. The zero-order chi connectivity index (χ0) is 8.27. The van der Waals surface area contributed by atoms with E-state index in [1.54, 1.807) is 25.1 Å². The molecule has 0 aromatic heterocycles. The van der Waals surface area contributed by atoms with Crippen LogP contribution >= 0.6 is 0 Å². The first-order chi connectivity index (χ1) is 5.25. The van der Waals surface area contributed by atoms with Gasteiger partial charge in [0.05, 0.1) is 5.71 Å². The first-order valence-electron chi connectivity index (χ1n) is 3.19. The van der Waals surface area contributed by atoms with Gasteiger partial charge in [-0.05, 0) is 13.0 Å². The van der Waals surface area contributed by atoms with Crippen LogP contribution in [0.3, 0.4) is 0 Å². The van der Waals surface area contributed by atoms with Crippen LogP contribution in [0.15, 0.2) is 29.4 Å². The summed E-state index contributed by atoms with van der Waals surface area (Å²) in [6.45, 7) is 1.54. The molecule has 0 aliphatic carbocycles. The second-order valence-electron chi connectivity index (χ2n) is 2.17. The molecule has 1 aromatic rings. The lowest BCUT2D eigenvalue weighted by Gasteiger charge is -1.97. The lowest BCUT2D eigenvalue weighted by atomic mass is 10.1. The van der Waals surface area contributed by atoms with Gasteiger partial charge in [-0.1, -0.05) is 23.4 Å². The van der Waals surface area contributed by atoms with Crippen molar-refractivity contribution in [2.75, 3.05) is 0 Å². The second-order valence-corrected chi connectivity index (χ2v) is 2.17. The van der Waals surface area contributed by atoms with Gasteiger partial charge in [0.25, 0.3) is 0 Å². The fourth-order valence-corrected chi connectivity index (χ4v) is 0.808. The highest BCUT2D eigenvalue weighted by molar-refractivity contribution is 5.98. The first kappa shape index (κ1) is 7.72. The molecule has 11 heavy (non-hydrogen) atoms.